The second-order valence-corrected chi connectivity index (χ2v) is 6.51. The van der Waals surface area contributed by atoms with Crippen LogP contribution in [-0.4, -0.2) is 17.9 Å². The van der Waals surface area contributed by atoms with Crippen LogP contribution in [0.3, 0.4) is 0 Å². The van der Waals surface area contributed by atoms with Crippen molar-refractivity contribution in [3.63, 3.8) is 0 Å². The zero-order chi connectivity index (χ0) is 17.1. The summed E-state index contributed by atoms with van der Waals surface area (Å²) < 4.78 is 0.708. The second-order valence-electron chi connectivity index (χ2n) is 5.24. The first-order chi connectivity index (χ1) is 11.6. The monoisotopic (exact) mass is 400 g/mol. The maximum absolute atomic E-state index is 12.9. The van der Waals surface area contributed by atoms with Crippen LogP contribution in [0.15, 0.2) is 71.3 Å². The van der Waals surface area contributed by atoms with Crippen LogP contribution in [-0.2, 0) is 0 Å². The van der Waals surface area contributed by atoms with Gasteiger partial charge in [0, 0.05) is 23.3 Å². The Labute approximate surface area is 154 Å². The Morgan fingerprint density at radius 2 is 1.75 bits per heavy atom. The molecule has 3 aromatic rings. The molecule has 24 heavy (non-hydrogen) atoms. The Bertz CT molecular complexity index is 884. The first-order valence-electron chi connectivity index (χ1n) is 7.31. The molecule has 3 nitrogen and oxygen atoms in total. The van der Waals surface area contributed by atoms with E-state index < -0.39 is 0 Å². The second kappa shape index (κ2) is 7.16. The fourth-order valence-electron chi connectivity index (χ4n) is 2.49. The maximum atomic E-state index is 12.9. The van der Waals surface area contributed by atoms with Crippen molar-refractivity contribution < 1.29 is 4.79 Å². The number of carbonyl (C=O) groups excluding carboxylic acids is 1. The summed E-state index contributed by atoms with van der Waals surface area (Å²) in [5.74, 6) is -0.211. The Balaban J connectivity index is 2.03. The summed E-state index contributed by atoms with van der Waals surface area (Å²) in [5, 5.41) is 0.187. The Hall–Kier alpha value is -2.17. The first-order valence-corrected chi connectivity index (χ1v) is 8.48. The van der Waals surface area contributed by atoms with Gasteiger partial charge in [-0.1, -0.05) is 60.1 Å². The Morgan fingerprint density at radius 1 is 1.08 bits per heavy atom. The highest BCUT2D eigenvalue weighted by Gasteiger charge is 2.20. The standard InChI is InChI=1S/C19H14BrClN2O/c1-23(19(24)16-11-14(20)12-22-18(16)21)17-10-6-5-9-15(17)13-7-3-2-4-8-13/h2-12H,1H3. The first kappa shape index (κ1) is 16.7. The highest BCUT2D eigenvalue weighted by atomic mass is 79.9. The molecule has 0 aliphatic rings. The van der Waals surface area contributed by atoms with E-state index in [1.807, 2.05) is 54.6 Å². The number of benzene rings is 2. The highest BCUT2D eigenvalue weighted by Crippen LogP contribution is 2.31. The SMILES string of the molecule is CN(C(=O)c1cc(Br)cnc1Cl)c1ccccc1-c1ccccc1. The third kappa shape index (κ3) is 3.35. The van der Waals surface area contributed by atoms with Crippen LogP contribution in [0.25, 0.3) is 11.1 Å². The summed E-state index contributed by atoms with van der Waals surface area (Å²) in [7, 11) is 1.74. The van der Waals surface area contributed by atoms with Crippen LogP contribution in [0.5, 0.6) is 0 Å². The van der Waals surface area contributed by atoms with E-state index in [2.05, 4.69) is 20.9 Å². The minimum Gasteiger partial charge on any atom is -0.311 e. The Morgan fingerprint density at radius 3 is 2.50 bits per heavy atom. The van der Waals surface area contributed by atoms with Crippen molar-refractivity contribution in [1.29, 1.82) is 0 Å². The molecule has 0 fully saturated rings. The van der Waals surface area contributed by atoms with Crippen molar-refractivity contribution in [2.75, 3.05) is 11.9 Å². The van der Waals surface area contributed by atoms with Crippen LogP contribution >= 0.6 is 27.5 Å². The summed E-state index contributed by atoms with van der Waals surface area (Å²) in [5.41, 5.74) is 3.19. The Kier molecular flexibility index (Phi) is 4.97. The molecule has 0 saturated heterocycles. The predicted molar refractivity (Wildman–Crippen MR) is 102 cm³/mol. The van der Waals surface area contributed by atoms with Crippen molar-refractivity contribution >= 4 is 39.1 Å². The molecule has 0 saturated carbocycles. The molecule has 1 heterocycles. The third-order valence-electron chi connectivity index (χ3n) is 3.69. The molecule has 0 spiro atoms. The number of halogens is 2. The normalized spacial score (nSPS) is 10.5. The molecule has 3 rings (SSSR count). The lowest BCUT2D eigenvalue weighted by molar-refractivity contribution is 0.0993. The van der Waals surface area contributed by atoms with Crippen molar-refractivity contribution in [1.82, 2.24) is 4.98 Å². The van der Waals surface area contributed by atoms with Crippen LogP contribution < -0.4 is 4.90 Å². The molecular formula is C19H14BrClN2O. The van der Waals surface area contributed by atoms with Gasteiger partial charge in [0.25, 0.3) is 5.91 Å². The molecule has 2 aromatic carbocycles. The van der Waals surface area contributed by atoms with Crippen molar-refractivity contribution in [3.8, 4) is 11.1 Å². The summed E-state index contributed by atoms with van der Waals surface area (Å²) in [4.78, 5) is 18.5. The summed E-state index contributed by atoms with van der Waals surface area (Å²) in [6.45, 7) is 0. The number of amides is 1. The van der Waals surface area contributed by atoms with Gasteiger partial charge in [0.1, 0.15) is 5.15 Å². The molecule has 0 radical (unpaired) electrons. The van der Waals surface area contributed by atoms with E-state index >= 15 is 0 Å². The molecule has 5 heteroatoms. The fourth-order valence-corrected chi connectivity index (χ4v) is 3.01. The number of hydrogen-bond acceptors (Lipinski definition) is 2. The van der Waals surface area contributed by atoms with Gasteiger partial charge in [-0.3, -0.25) is 4.79 Å². The molecule has 0 unspecified atom stereocenters. The predicted octanol–water partition coefficient (Wildman–Crippen LogP) is 5.44. The molecule has 1 aromatic heterocycles. The molecule has 0 atom stereocenters. The van der Waals surface area contributed by atoms with Gasteiger partial charge in [0.2, 0.25) is 0 Å². The fraction of sp³-hybridized carbons (Fsp3) is 0.0526. The zero-order valence-electron chi connectivity index (χ0n) is 12.9. The van der Waals surface area contributed by atoms with E-state index in [1.54, 1.807) is 24.2 Å². The molecule has 0 N–H and O–H groups in total. The molecule has 0 aliphatic heterocycles. The number of rotatable bonds is 3. The van der Waals surface area contributed by atoms with E-state index in [1.165, 1.54) is 0 Å². The van der Waals surface area contributed by atoms with Crippen molar-refractivity contribution in [2.24, 2.45) is 0 Å². The minimum absolute atomic E-state index is 0.187. The van der Waals surface area contributed by atoms with E-state index in [4.69, 9.17) is 11.6 Å². The number of pyridine rings is 1. The molecule has 0 aliphatic carbocycles. The summed E-state index contributed by atoms with van der Waals surface area (Å²) in [6.07, 6.45) is 1.57. The van der Waals surface area contributed by atoms with Crippen LogP contribution in [0, 0.1) is 0 Å². The number of aromatic nitrogens is 1. The highest BCUT2D eigenvalue weighted by molar-refractivity contribution is 9.10. The topological polar surface area (TPSA) is 33.2 Å². The number of anilines is 1. The molecule has 120 valence electrons. The smallest absolute Gasteiger partial charge is 0.261 e. The maximum Gasteiger partial charge on any atom is 0.261 e. The van der Waals surface area contributed by atoms with Gasteiger partial charge in [-0.05, 0) is 33.6 Å². The van der Waals surface area contributed by atoms with Crippen molar-refractivity contribution in [3.05, 3.63) is 82.0 Å². The number of para-hydroxylation sites is 1. The van der Waals surface area contributed by atoms with E-state index in [0.717, 1.165) is 16.8 Å². The van der Waals surface area contributed by atoms with E-state index in [-0.39, 0.29) is 11.1 Å². The van der Waals surface area contributed by atoms with E-state index in [0.29, 0.717) is 10.0 Å². The van der Waals surface area contributed by atoms with Gasteiger partial charge in [-0.2, -0.15) is 0 Å². The minimum atomic E-state index is -0.211. The number of nitrogens with zero attached hydrogens (tertiary/aromatic N) is 2. The van der Waals surface area contributed by atoms with Gasteiger partial charge in [0.15, 0.2) is 0 Å². The lowest BCUT2D eigenvalue weighted by Crippen LogP contribution is -2.27. The van der Waals surface area contributed by atoms with Crippen molar-refractivity contribution in [2.45, 2.75) is 0 Å². The third-order valence-corrected chi connectivity index (χ3v) is 4.43. The summed E-state index contributed by atoms with van der Waals surface area (Å²) in [6, 6.07) is 19.4. The average Bonchev–Trinajstić information content (AvgIpc) is 2.63. The molecule has 0 bridgehead atoms. The lowest BCUT2D eigenvalue weighted by atomic mass is 10.0. The van der Waals surface area contributed by atoms with Gasteiger partial charge >= 0.3 is 0 Å². The summed E-state index contributed by atoms with van der Waals surface area (Å²) >= 11 is 9.43. The quantitative estimate of drug-likeness (QED) is 0.547. The van der Waals surface area contributed by atoms with Gasteiger partial charge in [-0.15, -0.1) is 0 Å². The van der Waals surface area contributed by atoms with Crippen LogP contribution in [0.2, 0.25) is 5.15 Å². The lowest BCUT2D eigenvalue weighted by Gasteiger charge is -2.21. The molecular weight excluding hydrogens is 388 g/mol. The van der Waals surface area contributed by atoms with Gasteiger partial charge < -0.3 is 4.90 Å². The van der Waals surface area contributed by atoms with E-state index in [9.17, 15) is 4.79 Å². The zero-order valence-corrected chi connectivity index (χ0v) is 15.3. The van der Waals surface area contributed by atoms with Crippen LogP contribution in [0.1, 0.15) is 10.4 Å². The van der Waals surface area contributed by atoms with Gasteiger partial charge in [0.05, 0.1) is 11.3 Å². The average molecular weight is 402 g/mol. The largest absolute Gasteiger partial charge is 0.311 e. The number of hydrogen-bond donors (Lipinski definition) is 0. The van der Waals surface area contributed by atoms with Gasteiger partial charge in [-0.25, -0.2) is 4.98 Å². The van der Waals surface area contributed by atoms with Crippen LogP contribution in [0.4, 0.5) is 5.69 Å². The number of carbonyl (C=O) groups is 1. The molecule has 1 amide bonds.